The molecule has 0 bridgehead atoms. The van der Waals surface area contributed by atoms with Crippen LogP contribution in [0.4, 0.5) is 0 Å². The highest BCUT2D eigenvalue weighted by molar-refractivity contribution is 9.10. The third-order valence-corrected chi connectivity index (χ3v) is 5.35. The maximum Gasteiger partial charge on any atom is 0.276 e. The predicted molar refractivity (Wildman–Crippen MR) is 115 cm³/mol. The number of rotatable bonds is 5. The Morgan fingerprint density at radius 1 is 1.10 bits per heavy atom. The Morgan fingerprint density at radius 2 is 1.79 bits per heavy atom. The van der Waals surface area contributed by atoms with E-state index in [0.29, 0.717) is 16.9 Å². The summed E-state index contributed by atoms with van der Waals surface area (Å²) in [7, 11) is 0. The number of aryl methyl sites for hydroxylation is 1. The van der Waals surface area contributed by atoms with Crippen LogP contribution in [0.25, 0.3) is 5.65 Å². The summed E-state index contributed by atoms with van der Waals surface area (Å²) in [6.45, 7) is 1.75. The standard InChI is InChI=1S/C22H19BrN4O2/c1-14-18(22(29)27-19(25-14)11-12-24-27)13-20(28)26-21(15-5-3-2-4-6-15)16-7-9-17(23)10-8-16/h2-12,21,24H,13H2,1H3,(H,26,28). The number of carbonyl (C=O) groups is 1. The highest BCUT2D eigenvalue weighted by Gasteiger charge is 2.20. The number of nitrogens with zero attached hydrogens (tertiary/aromatic N) is 2. The number of aromatic amines is 1. The third-order valence-electron chi connectivity index (χ3n) is 4.82. The lowest BCUT2D eigenvalue weighted by Crippen LogP contribution is -2.33. The molecule has 2 aromatic heterocycles. The maximum atomic E-state index is 12.9. The zero-order valence-electron chi connectivity index (χ0n) is 15.7. The van der Waals surface area contributed by atoms with Crippen molar-refractivity contribution >= 4 is 27.5 Å². The summed E-state index contributed by atoms with van der Waals surface area (Å²) in [6, 6.07) is 19.0. The SMILES string of the molecule is Cc1nc2cc[nH]n2c(=O)c1CC(=O)NC(c1ccccc1)c1ccc(Br)cc1. The molecule has 0 spiro atoms. The Balaban J connectivity index is 1.64. The van der Waals surface area contributed by atoms with Gasteiger partial charge >= 0.3 is 0 Å². The first-order valence-electron chi connectivity index (χ1n) is 9.18. The minimum atomic E-state index is -0.318. The Labute approximate surface area is 175 Å². The highest BCUT2D eigenvalue weighted by Crippen LogP contribution is 2.24. The van der Waals surface area contributed by atoms with Crippen molar-refractivity contribution in [3.63, 3.8) is 0 Å². The molecule has 4 rings (SSSR count). The van der Waals surface area contributed by atoms with Crippen molar-refractivity contribution in [1.29, 1.82) is 0 Å². The fourth-order valence-corrected chi connectivity index (χ4v) is 3.61. The smallest absolute Gasteiger partial charge is 0.276 e. The topological polar surface area (TPSA) is 79.3 Å². The van der Waals surface area contributed by atoms with E-state index in [-0.39, 0.29) is 23.9 Å². The third kappa shape index (κ3) is 4.00. The number of benzene rings is 2. The molecule has 1 unspecified atom stereocenters. The van der Waals surface area contributed by atoms with E-state index in [0.717, 1.165) is 15.6 Å². The lowest BCUT2D eigenvalue weighted by Gasteiger charge is -2.20. The maximum absolute atomic E-state index is 12.9. The van der Waals surface area contributed by atoms with Crippen LogP contribution in [0.1, 0.15) is 28.4 Å². The minimum absolute atomic E-state index is 0.0422. The monoisotopic (exact) mass is 450 g/mol. The van der Waals surface area contributed by atoms with Crippen LogP contribution >= 0.6 is 15.9 Å². The summed E-state index contributed by atoms with van der Waals surface area (Å²) in [4.78, 5) is 30.0. The molecule has 0 aliphatic rings. The number of nitrogens with one attached hydrogen (secondary N) is 2. The van der Waals surface area contributed by atoms with Crippen LogP contribution in [-0.2, 0) is 11.2 Å². The van der Waals surface area contributed by atoms with Gasteiger partial charge in [-0.05, 0) is 30.2 Å². The van der Waals surface area contributed by atoms with Gasteiger partial charge in [-0.3, -0.25) is 14.7 Å². The van der Waals surface area contributed by atoms with Crippen molar-refractivity contribution in [1.82, 2.24) is 19.9 Å². The quantitative estimate of drug-likeness (QED) is 0.487. The zero-order valence-corrected chi connectivity index (χ0v) is 17.3. The van der Waals surface area contributed by atoms with Crippen LogP contribution in [0.15, 0.2) is 76.1 Å². The van der Waals surface area contributed by atoms with Gasteiger partial charge in [0.15, 0.2) is 5.65 Å². The molecule has 0 saturated carbocycles. The number of aromatic nitrogens is 3. The first kappa shape index (κ1) is 19.1. The fraction of sp³-hybridized carbons (Fsp3) is 0.136. The van der Waals surface area contributed by atoms with Crippen LogP contribution in [0.2, 0.25) is 0 Å². The van der Waals surface area contributed by atoms with Crippen molar-refractivity contribution in [2.45, 2.75) is 19.4 Å². The predicted octanol–water partition coefficient (Wildman–Crippen LogP) is 3.54. The van der Waals surface area contributed by atoms with E-state index in [9.17, 15) is 9.59 Å². The van der Waals surface area contributed by atoms with Gasteiger partial charge < -0.3 is 5.32 Å². The van der Waals surface area contributed by atoms with Crippen molar-refractivity contribution < 1.29 is 4.79 Å². The summed E-state index contributed by atoms with van der Waals surface area (Å²) in [5, 5.41) is 5.91. The zero-order chi connectivity index (χ0) is 20.4. The van der Waals surface area contributed by atoms with Gasteiger partial charge in [-0.25, -0.2) is 9.50 Å². The van der Waals surface area contributed by atoms with E-state index in [2.05, 4.69) is 31.3 Å². The van der Waals surface area contributed by atoms with Crippen molar-refractivity contribution in [2.24, 2.45) is 0 Å². The van der Waals surface area contributed by atoms with Gasteiger partial charge in [0.1, 0.15) is 0 Å². The summed E-state index contributed by atoms with van der Waals surface area (Å²) in [6.07, 6.45) is 1.60. The van der Waals surface area contributed by atoms with E-state index >= 15 is 0 Å². The van der Waals surface area contributed by atoms with Crippen LogP contribution < -0.4 is 10.9 Å². The molecule has 0 aliphatic carbocycles. The van der Waals surface area contributed by atoms with Gasteiger partial charge in [0.25, 0.3) is 5.56 Å². The van der Waals surface area contributed by atoms with Crippen LogP contribution in [0.5, 0.6) is 0 Å². The molecule has 2 N–H and O–H groups in total. The first-order chi connectivity index (χ1) is 14.0. The first-order valence-corrected chi connectivity index (χ1v) is 9.97. The lowest BCUT2D eigenvalue weighted by atomic mass is 9.98. The minimum Gasteiger partial charge on any atom is -0.345 e. The second-order valence-corrected chi connectivity index (χ2v) is 7.69. The van der Waals surface area contributed by atoms with Gasteiger partial charge in [-0.1, -0.05) is 58.4 Å². The molecule has 1 amide bonds. The Morgan fingerprint density at radius 3 is 2.52 bits per heavy atom. The fourth-order valence-electron chi connectivity index (χ4n) is 3.34. The van der Waals surface area contributed by atoms with Crippen molar-refractivity contribution in [3.8, 4) is 0 Å². The van der Waals surface area contributed by atoms with Gasteiger partial charge in [0.05, 0.1) is 12.5 Å². The number of H-pyrrole nitrogens is 1. The summed E-state index contributed by atoms with van der Waals surface area (Å²) < 4.78 is 2.31. The number of amides is 1. The number of halogens is 1. The van der Waals surface area contributed by atoms with Crippen LogP contribution in [-0.4, -0.2) is 20.5 Å². The molecule has 0 radical (unpaired) electrons. The van der Waals surface area contributed by atoms with Gasteiger partial charge in [0, 0.05) is 28.0 Å². The van der Waals surface area contributed by atoms with Crippen molar-refractivity contribution in [2.75, 3.05) is 0 Å². The second kappa shape index (κ2) is 8.05. The average Bonchev–Trinajstić information content (AvgIpc) is 3.19. The molecule has 146 valence electrons. The summed E-state index contributed by atoms with van der Waals surface area (Å²) in [5.41, 5.74) is 3.14. The van der Waals surface area contributed by atoms with Gasteiger partial charge in [-0.2, -0.15) is 0 Å². The molecule has 29 heavy (non-hydrogen) atoms. The molecule has 0 saturated heterocycles. The molecule has 0 fully saturated rings. The van der Waals surface area contributed by atoms with E-state index in [4.69, 9.17) is 0 Å². The van der Waals surface area contributed by atoms with E-state index in [1.165, 1.54) is 4.52 Å². The normalized spacial score (nSPS) is 12.1. The van der Waals surface area contributed by atoms with E-state index in [1.807, 2.05) is 54.6 Å². The largest absolute Gasteiger partial charge is 0.345 e. The van der Waals surface area contributed by atoms with Crippen molar-refractivity contribution in [3.05, 3.63) is 104 Å². The Kier molecular flexibility index (Phi) is 5.31. The van der Waals surface area contributed by atoms with Crippen LogP contribution in [0.3, 0.4) is 0 Å². The number of fused-ring (bicyclic) bond motifs is 1. The second-order valence-electron chi connectivity index (χ2n) is 6.78. The van der Waals surface area contributed by atoms with Gasteiger partial charge in [-0.15, -0.1) is 0 Å². The molecule has 2 aromatic carbocycles. The average molecular weight is 451 g/mol. The summed E-state index contributed by atoms with van der Waals surface area (Å²) >= 11 is 3.44. The van der Waals surface area contributed by atoms with Gasteiger partial charge in [0.2, 0.25) is 5.91 Å². The van der Waals surface area contributed by atoms with E-state index < -0.39 is 0 Å². The lowest BCUT2D eigenvalue weighted by molar-refractivity contribution is -0.121. The number of hydrogen-bond donors (Lipinski definition) is 2. The van der Waals surface area contributed by atoms with Crippen LogP contribution in [0, 0.1) is 6.92 Å². The molecule has 0 aliphatic heterocycles. The Hall–Kier alpha value is -3.19. The summed E-state index contributed by atoms with van der Waals surface area (Å²) in [5.74, 6) is -0.240. The van der Waals surface area contributed by atoms with E-state index in [1.54, 1.807) is 19.2 Å². The number of hydrogen-bond acceptors (Lipinski definition) is 3. The highest BCUT2D eigenvalue weighted by atomic mass is 79.9. The molecular formula is C22H19BrN4O2. The molecule has 4 aromatic rings. The Bertz CT molecular complexity index is 1210. The molecule has 1 atom stereocenters. The molecule has 7 heteroatoms. The number of carbonyl (C=O) groups excluding carboxylic acids is 1. The molecule has 2 heterocycles. The molecule has 6 nitrogen and oxygen atoms in total. The molecular weight excluding hydrogens is 432 g/mol.